The van der Waals surface area contributed by atoms with Gasteiger partial charge in [-0.1, -0.05) is 0 Å². The molecule has 8 nitrogen and oxygen atoms in total. The Labute approximate surface area is 201 Å². The van der Waals surface area contributed by atoms with E-state index in [1.807, 2.05) is 0 Å². The Morgan fingerprint density at radius 3 is 2.39 bits per heavy atom. The van der Waals surface area contributed by atoms with Gasteiger partial charge in [0, 0.05) is 24.7 Å². The summed E-state index contributed by atoms with van der Waals surface area (Å²) in [6.07, 6.45) is 2.01. The SMILES string of the molecule is CN1N=CN(CC(O)(c2ccc(F)cc2F)C(F)(F)c2ccc(Oc3ccc(C#N)c(F)c3)cn2)N1. The smallest absolute Gasteiger partial charge is 0.323 e. The highest BCUT2D eigenvalue weighted by Crippen LogP contribution is 2.46. The number of hydrogen-bond acceptors (Lipinski definition) is 8. The monoisotopic (exact) mass is 504 g/mol. The molecule has 0 fully saturated rings. The molecule has 0 saturated carbocycles. The van der Waals surface area contributed by atoms with Gasteiger partial charge < -0.3 is 9.84 Å². The van der Waals surface area contributed by atoms with Gasteiger partial charge in [-0.15, -0.1) is 10.6 Å². The number of halogens is 5. The van der Waals surface area contributed by atoms with Gasteiger partial charge in [0.05, 0.1) is 18.3 Å². The molecule has 13 heteroatoms. The van der Waals surface area contributed by atoms with Crippen LogP contribution in [0, 0.1) is 28.8 Å². The van der Waals surface area contributed by atoms with Crippen LogP contribution in [-0.2, 0) is 11.5 Å². The lowest BCUT2D eigenvalue weighted by Gasteiger charge is -2.38. The maximum atomic E-state index is 15.8. The van der Waals surface area contributed by atoms with Crippen molar-refractivity contribution in [2.24, 2.45) is 5.10 Å². The summed E-state index contributed by atoms with van der Waals surface area (Å²) < 4.78 is 78.9. The second-order valence-corrected chi connectivity index (χ2v) is 7.78. The summed E-state index contributed by atoms with van der Waals surface area (Å²) in [6, 6.07) is 8.89. The molecule has 0 spiro atoms. The Hall–Kier alpha value is -4.28. The van der Waals surface area contributed by atoms with Crippen molar-refractivity contribution in [3.63, 3.8) is 0 Å². The Bertz CT molecular complexity index is 1350. The lowest BCUT2D eigenvalue weighted by atomic mass is 9.84. The summed E-state index contributed by atoms with van der Waals surface area (Å²) in [4.78, 5) is 3.67. The van der Waals surface area contributed by atoms with Crippen molar-refractivity contribution in [2.45, 2.75) is 11.5 Å². The molecular weight excluding hydrogens is 487 g/mol. The van der Waals surface area contributed by atoms with Crippen LogP contribution in [0.5, 0.6) is 11.5 Å². The van der Waals surface area contributed by atoms with Crippen molar-refractivity contribution in [3.05, 3.63) is 89.0 Å². The number of β-amino-alcohol motifs (C(OH)–C–C–N with tert-alkyl or cyclic N) is 1. The summed E-state index contributed by atoms with van der Waals surface area (Å²) in [6.45, 7) is -0.902. The van der Waals surface area contributed by atoms with Crippen molar-refractivity contribution in [1.29, 1.82) is 5.26 Å². The Morgan fingerprint density at radius 1 is 1.06 bits per heavy atom. The van der Waals surface area contributed by atoms with Crippen LogP contribution in [0.15, 0.2) is 59.8 Å². The van der Waals surface area contributed by atoms with Gasteiger partial charge in [0.15, 0.2) is 5.60 Å². The zero-order valence-electron chi connectivity index (χ0n) is 18.5. The second-order valence-electron chi connectivity index (χ2n) is 7.78. The number of nitriles is 1. The average Bonchev–Trinajstić information content (AvgIpc) is 3.23. The molecule has 1 atom stereocenters. The first-order valence-corrected chi connectivity index (χ1v) is 10.2. The van der Waals surface area contributed by atoms with Gasteiger partial charge in [-0.2, -0.15) is 14.0 Å². The number of aliphatic hydroxyl groups is 1. The van der Waals surface area contributed by atoms with E-state index in [2.05, 4.69) is 15.6 Å². The van der Waals surface area contributed by atoms with E-state index < -0.39 is 46.8 Å². The van der Waals surface area contributed by atoms with Crippen LogP contribution >= 0.6 is 0 Å². The molecule has 0 amide bonds. The topological polar surface area (TPSA) is 97.0 Å². The maximum absolute atomic E-state index is 15.8. The standard InChI is InChI=1S/C23H17F5N6O2/c1-33-31-13-34(32-33)12-22(35,18-6-3-15(24)8-20(18)26)23(27,28)21-7-5-17(11-30-21)36-16-4-2-14(10-29)19(25)9-16/h2-9,11,13,32,35H,12H2,1H3. The number of nitrogens with zero attached hydrogens (tertiary/aromatic N) is 5. The second kappa shape index (κ2) is 9.40. The molecule has 2 heterocycles. The van der Waals surface area contributed by atoms with Gasteiger partial charge in [-0.05, 0) is 36.4 Å². The number of hydrogen-bond donors (Lipinski definition) is 2. The van der Waals surface area contributed by atoms with E-state index in [0.717, 1.165) is 53.0 Å². The largest absolute Gasteiger partial charge is 0.456 e. The fourth-order valence-corrected chi connectivity index (χ4v) is 3.50. The van der Waals surface area contributed by atoms with Gasteiger partial charge >= 0.3 is 5.92 Å². The number of ether oxygens (including phenoxy) is 1. The lowest BCUT2D eigenvalue weighted by molar-refractivity contribution is -0.207. The third-order valence-electron chi connectivity index (χ3n) is 5.29. The fourth-order valence-electron chi connectivity index (χ4n) is 3.50. The van der Waals surface area contributed by atoms with E-state index in [-0.39, 0.29) is 17.1 Å². The molecule has 2 aromatic carbocycles. The molecule has 0 saturated heterocycles. The van der Waals surface area contributed by atoms with Crippen molar-refractivity contribution in [2.75, 3.05) is 13.6 Å². The molecule has 0 bridgehead atoms. The zero-order valence-corrected chi connectivity index (χ0v) is 18.5. The van der Waals surface area contributed by atoms with Crippen molar-refractivity contribution in [3.8, 4) is 17.6 Å². The quantitative estimate of drug-likeness (QED) is 0.473. The Morgan fingerprint density at radius 2 is 1.81 bits per heavy atom. The molecule has 4 rings (SSSR count). The normalized spacial score (nSPS) is 15.1. The summed E-state index contributed by atoms with van der Waals surface area (Å²) in [5, 5.41) is 26.0. The molecule has 3 aromatic rings. The van der Waals surface area contributed by atoms with Gasteiger partial charge in [0.25, 0.3) is 0 Å². The minimum Gasteiger partial charge on any atom is -0.456 e. The number of nitrogens with one attached hydrogen (secondary N) is 1. The maximum Gasteiger partial charge on any atom is 0.323 e. The molecule has 1 unspecified atom stereocenters. The average molecular weight is 504 g/mol. The highest BCUT2D eigenvalue weighted by molar-refractivity contribution is 5.55. The molecule has 1 aromatic heterocycles. The van der Waals surface area contributed by atoms with Crippen molar-refractivity contribution < 1.29 is 31.8 Å². The number of pyridine rings is 1. The summed E-state index contributed by atoms with van der Waals surface area (Å²) in [5.41, 5.74) is -2.71. The Balaban J connectivity index is 1.67. The third-order valence-corrected chi connectivity index (χ3v) is 5.29. The van der Waals surface area contributed by atoms with E-state index in [1.165, 1.54) is 19.2 Å². The van der Waals surface area contributed by atoms with Gasteiger partial charge in [-0.3, -0.25) is 9.99 Å². The first-order valence-electron chi connectivity index (χ1n) is 10.2. The third kappa shape index (κ3) is 4.64. The van der Waals surface area contributed by atoms with E-state index in [4.69, 9.17) is 10.00 Å². The predicted octanol–water partition coefficient (Wildman–Crippen LogP) is 3.75. The number of benzene rings is 2. The molecule has 1 aliphatic rings. The highest BCUT2D eigenvalue weighted by Gasteiger charge is 2.58. The highest BCUT2D eigenvalue weighted by atomic mass is 19.3. The molecule has 36 heavy (non-hydrogen) atoms. The van der Waals surface area contributed by atoms with Gasteiger partial charge in [0.1, 0.15) is 47.1 Å². The van der Waals surface area contributed by atoms with E-state index in [0.29, 0.717) is 6.07 Å². The molecule has 2 N–H and O–H groups in total. The minimum absolute atomic E-state index is 0.0128. The molecule has 0 radical (unpaired) electrons. The van der Waals surface area contributed by atoms with Crippen molar-refractivity contribution in [1.82, 2.24) is 20.6 Å². The fraction of sp³-hybridized carbons (Fsp3) is 0.174. The van der Waals surface area contributed by atoms with Crippen LogP contribution in [0.2, 0.25) is 0 Å². The van der Waals surface area contributed by atoms with Crippen LogP contribution in [0.4, 0.5) is 22.0 Å². The molecule has 0 aliphatic carbocycles. The summed E-state index contributed by atoms with van der Waals surface area (Å²) in [7, 11) is 1.46. The minimum atomic E-state index is -4.21. The summed E-state index contributed by atoms with van der Waals surface area (Å²) in [5.74, 6) is -7.50. The van der Waals surface area contributed by atoms with E-state index >= 15 is 8.78 Å². The van der Waals surface area contributed by atoms with E-state index in [1.54, 1.807) is 6.07 Å². The predicted molar refractivity (Wildman–Crippen MR) is 116 cm³/mol. The summed E-state index contributed by atoms with van der Waals surface area (Å²) >= 11 is 0. The van der Waals surface area contributed by atoms with Crippen LogP contribution in [0.1, 0.15) is 16.8 Å². The molecule has 186 valence electrons. The molecular formula is C23H17F5N6O2. The number of rotatable bonds is 7. The van der Waals surface area contributed by atoms with Crippen LogP contribution < -0.4 is 10.3 Å². The number of hydrazine groups is 2. The number of aromatic nitrogens is 1. The van der Waals surface area contributed by atoms with Gasteiger partial charge in [-0.25, -0.2) is 18.3 Å². The van der Waals surface area contributed by atoms with Crippen LogP contribution in [0.25, 0.3) is 0 Å². The zero-order chi connectivity index (χ0) is 26.1. The number of alkyl halides is 2. The van der Waals surface area contributed by atoms with E-state index in [9.17, 15) is 18.3 Å². The van der Waals surface area contributed by atoms with Gasteiger partial charge in [0.2, 0.25) is 0 Å². The molecule has 1 aliphatic heterocycles. The first kappa shape index (κ1) is 24.8. The van der Waals surface area contributed by atoms with Crippen molar-refractivity contribution >= 4 is 6.34 Å². The Kier molecular flexibility index (Phi) is 6.49. The number of hydrazone groups is 1. The van der Waals surface area contributed by atoms with Crippen LogP contribution in [-0.4, -0.2) is 40.1 Å². The van der Waals surface area contributed by atoms with Crippen LogP contribution in [0.3, 0.4) is 0 Å². The first-order chi connectivity index (χ1) is 17.0. The lowest BCUT2D eigenvalue weighted by Crippen LogP contribution is -2.55.